The lowest BCUT2D eigenvalue weighted by Gasteiger charge is -2.10. The van der Waals surface area contributed by atoms with Gasteiger partial charge in [0.15, 0.2) is 0 Å². The van der Waals surface area contributed by atoms with E-state index in [4.69, 9.17) is 5.73 Å². The normalized spacial score (nSPS) is 10.8. The van der Waals surface area contributed by atoms with Crippen LogP contribution in [0.5, 0.6) is 0 Å². The second-order valence-electron chi connectivity index (χ2n) is 3.50. The largest absolute Gasteiger partial charge is 0.349 e. The number of amides is 1. The first-order valence-electron chi connectivity index (χ1n) is 5.09. The summed E-state index contributed by atoms with van der Waals surface area (Å²) in [5, 5.41) is 2.76. The minimum atomic E-state index is -0.422. The number of nitrogens with one attached hydrogen (secondary N) is 1. The van der Waals surface area contributed by atoms with E-state index in [0.29, 0.717) is 13.0 Å². The van der Waals surface area contributed by atoms with Gasteiger partial charge in [0.2, 0.25) is 5.91 Å². The van der Waals surface area contributed by atoms with Crippen LogP contribution in [-0.4, -0.2) is 16.9 Å². The van der Waals surface area contributed by atoms with Crippen LogP contribution in [0.15, 0.2) is 18.3 Å². The van der Waals surface area contributed by atoms with Gasteiger partial charge in [-0.3, -0.25) is 9.78 Å². The van der Waals surface area contributed by atoms with Gasteiger partial charge in [-0.1, -0.05) is 13.0 Å². The van der Waals surface area contributed by atoms with Gasteiger partial charge in [-0.15, -0.1) is 24.8 Å². The predicted octanol–water partition coefficient (Wildman–Crippen LogP) is 1.59. The van der Waals surface area contributed by atoms with Crippen molar-refractivity contribution in [1.82, 2.24) is 10.3 Å². The van der Waals surface area contributed by atoms with Crippen LogP contribution >= 0.6 is 24.8 Å². The Kier molecular flexibility index (Phi) is 10.0. The molecule has 0 spiro atoms. The average molecular weight is 280 g/mol. The Hall–Kier alpha value is -0.840. The number of carbonyl (C=O) groups excluding carboxylic acids is 1. The summed E-state index contributed by atoms with van der Waals surface area (Å²) in [5.74, 6) is -0.123. The summed E-state index contributed by atoms with van der Waals surface area (Å²) in [4.78, 5) is 15.6. The van der Waals surface area contributed by atoms with Crippen molar-refractivity contribution >= 4 is 30.7 Å². The van der Waals surface area contributed by atoms with Crippen LogP contribution < -0.4 is 11.1 Å². The fourth-order valence-corrected chi connectivity index (χ4v) is 1.19. The van der Waals surface area contributed by atoms with Crippen LogP contribution in [0.2, 0.25) is 0 Å². The van der Waals surface area contributed by atoms with Gasteiger partial charge >= 0.3 is 0 Å². The van der Waals surface area contributed by atoms with E-state index in [2.05, 4.69) is 10.3 Å². The molecule has 0 saturated heterocycles. The maximum absolute atomic E-state index is 11.4. The number of nitrogens with zero attached hydrogens (tertiary/aromatic N) is 1. The van der Waals surface area contributed by atoms with Crippen LogP contribution in [0.4, 0.5) is 0 Å². The highest BCUT2D eigenvalue weighted by Gasteiger charge is 2.10. The molecule has 0 bridgehead atoms. The number of rotatable bonds is 4. The molecule has 4 nitrogen and oxygen atoms in total. The molecule has 6 heteroatoms. The molecule has 0 aliphatic rings. The highest BCUT2D eigenvalue weighted by molar-refractivity contribution is 5.85. The van der Waals surface area contributed by atoms with E-state index in [1.54, 1.807) is 6.20 Å². The third-order valence-electron chi connectivity index (χ3n) is 2.32. The molecule has 0 radical (unpaired) electrons. The monoisotopic (exact) mass is 279 g/mol. The molecule has 1 aromatic rings. The molecule has 17 heavy (non-hydrogen) atoms. The van der Waals surface area contributed by atoms with Crippen LogP contribution in [0, 0.1) is 6.92 Å². The van der Waals surface area contributed by atoms with Crippen molar-refractivity contribution in [3.8, 4) is 0 Å². The third kappa shape index (κ3) is 5.86. The molecule has 3 N–H and O–H groups in total. The Morgan fingerprint density at radius 3 is 2.71 bits per heavy atom. The van der Waals surface area contributed by atoms with Gasteiger partial charge in [0.25, 0.3) is 0 Å². The molecule has 1 aromatic heterocycles. The lowest BCUT2D eigenvalue weighted by atomic mass is 10.2. The smallest absolute Gasteiger partial charge is 0.237 e. The maximum Gasteiger partial charge on any atom is 0.237 e. The molecule has 0 aliphatic heterocycles. The maximum atomic E-state index is 11.4. The lowest BCUT2D eigenvalue weighted by Crippen LogP contribution is -2.39. The number of aromatic nitrogens is 1. The number of halogens is 2. The second kappa shape index (κ2) is 9.22. The number of nitrogens with two attached hydrogens (primary N) is 1. The predicted molar refractivity (Wildman–Crippen MR) is 73.6 cm³/mol. The van der Waals surface area contributed by atoms with Crippen molar-refractivity contribution in [2.45, 2.75) is 32.9 Å². The Labute approximate surface area is 114 Å². The molecular formula is C11H19Cl2N3O. The average Bonchev–Trinajstić information content (AvgIpc) is 2.26. The Balaban J connectivity index is 0. The van der Waals surface area contributed by atoms with E-state index >= 15 is 0 Å². The highest BCUT2D eigenvalue weighted by atomic mass is 35.5. The van der Waals surface area contributed by atoms with Crippen LogP contribution in [-0.2, 0) is 11.3 Å². The third-order valence-corrected chi connectivity index (χ3v) is 2.32. The molecule has 0 aliphatic carbocycles. The zero-order chi connectivity index (χ0) is 11.3. The standard InChI is InChI=1S/C11H17N3O.2ClH/c1-3-9(12)11(15)14-7-10-8(2)5-4-6-13-10;;/h4-6,9H,3,7,12H2,1-2H3,(H,14,15);2*1H/t9-;;/m0../s1. The van der Waals surface area contributed by atoms with E-state index < -0.39 is 6.04 Å². The molecule has 0 saturated carbocycles. The van der Waals surface area contributed by atoms with Gasteiger partial charge < -0.3 is 11.1 Å². The summed E-state index contributed by atoms with van der Waals surface area (Å²) in [6.07, 6.45) is 2.36. The second-order valence-corrected chi connectivity index (χ2v) is 3.50. The van der Waals surface area contributed by atoms with E-state index in [-0.39, 0.29) is 30.7 Å². The summed E-state index contributed by atoms with van der Waals surface area (Å²) in [7, 11) is 0. The Morgan fingerprint density at radius 2 is 2.18 bits per heavy atom. The minimum Gasteiger partial charge on any atom is -0.349 e. The van der Waals surface area contributed by atoms with Gasteiger partial charge in [-0.05, 0) is 25.0 Å². The van der Waals surface area contributed by atoms with Crippen LogP contribution in [0.25, 0.3) is 0 Å². The van der Waals surface area contributed by atoms with E-state index in [1.165, 1.54) is 0 Å². The van der Waals surface area contributed by atoms with Crippen molar-refractivity contribution in [3.63, 3.8) is 0 Å². The van der Waals surface area contributed by atoms with Crippen LogP contribution in [0.3, 0.4) is 0 Å². The first-order valence-corrected chi connectivity index (χ1v) is 5.09. The summed E-state index contributed by atoms with van der Waals surface area (Å²) in [5.41, 5.74) is 7.54. The molecule has 1 rings (SSSR count). The molecule has 1 heterocycles. The van der Waals surface area contributed by atoms with Gasteiger partial charge in [0, 0.05) is 6.20 Å². The summed E-state index contributed by atoms with van der Waals surface area (Å²) in [6.45, 7) is 4.30. The first-order chi connectivity index (χ1) is 7.15. The molecule has 1 amide bonds. The number of pyridine rings is 1. The molecule has 0 aromatic carbocycles. The van der Waals surface area contributed by atoms with Crippen molar-refractivity contribution < 1.29 is 4.79 Å². The quantitative estimate of drug-likeness (QED) is 0.880. The SMILES string of the molecule is CC[C@H](N)C(=O)NCc1ncccc1C.Cl.Cl. The number of carbonyl (C=O) groups is 1. The number of hydrogen-bond donors (Lipinski definition) is 2. The first kappa shape index (κ1) is 18.5. The Bertz CT molecular complexity index is 347. The van der Waals surface area contributed by atoms with Crippen molar-refractivity contribution in [2.75, 3.05) is 0 Å². The molecule has 0 unspecified atom stereocenters. The van der Waals surface area contributed by atoms with Crippen molar-refractivity contribution in [3.05, 3.63) is 29.6 Å². The van der Waals surface area contributed by atoms with Crippen molar-refractivity contribution in [1.29, 1.82) is 0 Å². The van der Waals surface area contributed by atoms with Gasteiger partial charge in [0.1, 0.15) is 0 Å². The zero-order valence-corrected chi connectivity index (χ0v) is 11.6. The minimum absolute atomic E-state index is 0. The summed E-state index contributed by atoms with van der Waals surface area (Å²) < 4.78 is 0. The summed E-state index contributed by atoms with van der Waals surface area (Å²) in [6, 6.07) is 3.42. The fraction of sp³-hybridized carbons (Fsp3) is 0.455. The zero-order valence-electron chi connectivity index (χ0n) is 9.97. The fourth-order valence-electron chi connectivity index (χ4n) is 1.19. The number of hydrogen-bond acceptors (Lipinski definition) is 3. The molecule has 1 atom stereocenters. The van der Waals surface area contributed by atoms with Gasteiger partial charge in [0.05, 0.1) is 18.3 Å². The van der Waals surface area contributed by atoms with E-state index in [0.717, 1.165) is 11.3 Å². The van der Waals surface area contributed by atoms with E-state index in [9.17, 15) is 4.79 Å². The van der Waals surface area contributed by atoms with Crippen LogP contribution in [0.1, 0.15) is 24.6 Å². The Morgan fingerprint density at radius 1 is 1.53 bits per heavy atom. The van der Waals surface area contributed by atoms with E-state index in [1.807, 2.05) is 26.0 Å². The van der Waals surface area contributed by atoms with Crippen molar-refractivity contribution in [2.24, 2.45) is 5.73 Å². The highest BCUT2D eigenvalue weighted by Crippen LogP contribution is 2.02. The molecule has 0 fully saturated rings. The topological polar surface area (TPSA) is 68.0 Å². The number of aryl methyl sites for hydroxylation is 1. The summed E-state index contributed by atoms with van der Waals surface area (Å²) >= 11 is 0. The molecule has 98 valence electrons. The van der Waals surface area contributed by atoms with Gasteiger partial charge in [-0.25, -0.2) is 0 Å². The lowest BCUT2D eigenvalue weighted by molar-refractivity contribution is -0.122. The van der Waals surface area contributed by atoms with Gasteiger partial charge in [-0.2, -0.15) is 0 Å². The molecular weight excluding hydrogens is 261 g/mol.